The van der Waals surface area contributed by atoms with Crippen molar-refractivity contribution in [3.63, 3.8) is 0 Å². The van der Waals surface area contributed by atoms with E-state index in [1.165, 1.54) is 19.1 Å². The average Bonchev–Trinajstić information content (AvgIpc) is 2.29. The topological polar surface area (TPSA) is 62.1 Å². The van der Waals surface area contributed by atoms with Crippen molar-refractivity contribution in [2.75, 3.05) is 5.32 Å². The lowest BCUT2D eigenvalue weighted by atomic mass is 10.2. The number of nitrogens with zero attached hydrogens (tertiary/aromatic N) is 1. The smallest absolute Gasteiger partial charge is 0.404 e. The normalized spacial score (nSPS) is 12.4. The molecule has 102 valence electrons. The molecule has 8 heteroatoms. The minimum atomic E-state index is -4.87. The molecular weight excluding hydrogens is 329 g/mol. The van der Waals surface area contributed by atoms with Gasteiger partial charge in [-0.2, -0.15) is 5.26 Å². The van der Waals surface area contributed by atoms with Crippen LogP contribution in [-0.2, 0) is 4.79 Å². The molecule has 0 fully saturated rings. The molecule has 1 unspecified atom stereocenters. The average molecular weight is 337 g/mol. The Balaban J connectivity index is 3.01. The number of carbonyl (C=O) groups is 1. The number of nitrogens with one attached hydrogen (secondary N) is 1. The molecule has 19 heavy (non-hydrogen) atoms. The number of hydrogen-bond donors (Lipinski definition) is 1. The first-order chi connectivity index (χ1) is 8.73. The largest absolute Gasteiger partial charge is 0.573 e. The summed E-state index contributed by atoms with van der Waals surface area (Å²) >= 11 is 3.00. The highest BCUT2D eigenvalue weighted by atomic mass is 79.9. The van der Waals surface area contributed by atoms with Crippen molar-refractivity contribution in [3.8, 4) is 11.8 Å². The van der Waals surface area contributed by atoms with Crippen LogP contribution in [0, 0.1) is 17.2 Å². The Morgan fingerprint density at radius 2 is 2.16 bits per heavy atom. The van der Waals surface area contributed by atoms with Gasteiger partial charge in [-0.1, -0.05) is 15.9 Å². The number of benzene rings is 1. The SMILES string of the molecule is CC(C#N)C(=O)Nc1ccc(Br)cc1OC(F)(F)F. The first-order valence-electron chi connectivity index (χ1n) is 4.98. The van der Waals surface area contributed by atoms with Gasteiger partial charge in [0.2, 0.25) is 5.91 Å². The summed E-state index contributed by atoms with van der Waals surface area (Å²) in [6.45, 7) is 1.33. The molecule has 0 radical (unpaired) electrons. The van der Waals surface area contributed by atoms with Crippen LogP contribution in [0.2, 0.25) is 0 Å². The van der Waals surface area contributed by atoms with Crippen LogP contribution in [0.1, 0.15) is 6.92 Å². The predicted molar refractivity (Wildman–Crippen MR) is 64.2 cm³/mol. The van der Waals surface area contributed by atoms with E-state index in [2.05, 4.69) is 26.0 Å². The molecule has 1 amide bonds. The summed E-state index contributed by atoms with van der Waals surface area (Å²) in [4.78, 5) is 11.5. The van der Waals surface area contributed by atoms with E-state index in [4.69, 9.17) is 5.26 Å². The van der Waals surface area contributed by atoms with Gasteiger partial charge >= 0.3 is 6.36 Å². The van der Waals surface area contributed by atoms with Crippen LogP contribution >= 0.6 is 15.9 Å². The molecule has 0 saturated heterocycles. The first kappa shape index (κ1) is 15.3. The zero-order chi connectivity index (χ0) is 14.6. The fourth-order valence-corrected chi connectivity index (χ4v) is 1.45. The van der Waals surface area contributed by atoms with Crippen molar-refractivity contribution in [1.82, 2.24) is 0 Å². The van der Waals surface area contributed by atoms with Crippen molar-refractivity contribution in [2.45, 2.75) is 13.3 Å². The van der Waals surface area contributed by atoms with Gasteiger partial charge in [0.1, 0.15) is 5.92 Å². The number of alkyl halides is 3. The van der Waals surface area contributed by atoms with Crippen molar-refractivity contribution >= 4 is 27.5 Å². The van der Waals surface area contributed by atoms with Crippen LogP contribution in [0.25, 0.3) is 0 Å². The van der Waals surface area contributed by atoms with Crippen LogP contribution in [0.3, 0.4) is 0 Å². The number of ether oxygens (including phenoxy) is 1. The van der Waals surface area contributed by atoms with E-state index in [1.807, 2.05) is 0 Å². The monoisotopic (exact) mass is 336 g/mol. The molecule has 0 bridgehead atoms. The quantitative estimate of drug-likeness (QED) is 0.919. The van der Waals surface area contributed by atoms with Crippen molar-refractivity contribution in [2.24, 2.45) is 5.92 Å². The Morgan fingerprint density at radius 1 is 1.53 bits per heavy atom. The minimum absolute atomic E-state index is 0.160. The molecular formula is C11H8BrF3N2O2. The highest BCUT2D eigenvalue weighted by Crippen LogP contribution is 2.33. The van der Waals surface area contributed by atoms with Gasteiger partial charge in [-0.05, 0) is 25.1 Å². The molecule has 0 aliphatic rings. The summed E-state index contributed by atoms with van der Waals surface area (Å²) < 4.78 is 40.8. The molecule has 0 aliphatic heterocycles. The lowest BCUT2D eigenvalue weighted by Gasteiger charge is -2.14. The Hall–Kier alpha value is -1.75. The Kier molecular flexibility index (Phi) is 4.78. The van der Waals surface area contributed by atoms with Crippen LogP contribution < -0.4 is 10.1 Å². The summed E-state index contributed by atoms with van der Waals surface area (Å²) in [7, 11) is 0. The second-order valence-corrected chi connectivity index (χ2v) is 4.44. The predicted octanol–water partition coefficient (Wildman–Crippen LogP) is 3.45. The molecule has 4 nitrogen and oxygen atoms in total. The van der Waals surface area contributed by atoms with Gasteiger partial charge in [-0.25, -0.2) is 0 Å². The van der Waals surface area contributed by atoms with Crippen molar-refractivity contribution in [1.29, 1.82) is 5.26 Å². The zero-order valence-corrected chi connectivity index (χ0v) is 11.2. The summed E-state index contributed by atoms with van der Waals surface area (Å²) in [6, 6.07) is 5.43. The third kappa shape index (κ3) is 4.79. The molecule has 1 aromatic rings. The summed E-state index contributed by atoms with van der Waals surface area (Å²) in [5.74, 6) is -2.25. The van der Waals surface area contributed by atoms with E-state index in [9.17, 15) is 18.0 Å². The van der Waals surface area contributed by atoms with Gasteiger partial charge in [0, 0.05) is 4.47 Å². The molecule has 1 atom stereocenters. The number of anilines is 1. The van der Waals surface area contributed by atoms with Gasteiger partial charge < -0.3 is 10.1 Å². The van der Waals surface area contributed by atoms with Crippen molar-refractivity contribution in [3.05, 3.63) is 22.7 Å². The Morgan fingerprint density at radius 3 is 2.68 bits per heavy atom. The Bertz CT molecular complexity index is 526. The zero-order valence-electron chi connectivity index (χ0n) is 9.58. The number of rotatable bonds is 3. The van der Waals surface area contributed by atoms with Crippen molar-refractivity contribution < 1.29 is 22.7 Å². The maximum atomic E-state index is 12.2. The maximum absolute atomic E-state index is 12.2. The highest BCUT2D eigenvalue weighted by molar-refractivity contribution is 9.10. The fraction of sp³-hybridized carbons (Fsp3) is 0.273. The highest BCUT2D eigenvalue weighted by Gasteiger charge is 2.32. The second-order valence-electron chi connectivity index (χ2n) is 3.53. The van der Waals surface area contributed by atoms with Gasteiger partial charge in [-0.3, -0.25) is 4.79 Å². The third-order valence-corrected chi connectivity index (χ3v) is 2.51. The lowest BCUT2D eigenvalue weighted by Crippen LogP contribution is -2.22. The van der Waals surface area contributed by atoms with E-state index in [0.717, 1.165) is 6.07 Å². The van der Waals surface area contributed by atoms with Crippen LogP contribution in [-0.4, -0.2) is 12.3 Å². The van der Waals surface area contributed by atoms with Gasteiger partial charge in [0.05, 0.1) is 11.8 Å². The Labute approximate surface area is 115 Å². The molecule has 1 aromatic carbocycles. The van der Waals surface area contributed by atoms with Crippen LogP contribution in [0.5, 0.6) is 5.75 Å². The molecule has 1 rings (SSSR count). The molecule has 0 spiro atoms. The van der Waals surface area contributed by atoms with E-state index < -0.39 is 23.9 Å². The third-order valence-electron chi connectivity index (χ3n) is 2.01. The van der Waals surface area contributed by atoms with E-state index in [-0.39, 0.29) is 5.69 Å². The molecule has 0 aliphatic carbocycles. The first-order valence-corrected chi connectivity index (χ1v) is 5.78. The van der Waals surface area contributed by atoms with Crippen LogP contribution in [0.4, 0.5) is 18.9 Å². The van der Waals surface area contributed by atoms with Gasteiger partial charge in [0.15, 0.2) is 5.75 Å². The molecule has 0 heterocycles. The number of nitriles is 1. The van der Waals surface area contributed by atoms with E-state index in [1.54, 1.807) is 6.07 Å². The molecule has 0 aromatic heterocycles. The van der Waals surface area contributed by atoms with Gasteiger partial charge in [0.25, 0.3) is 0 Å². The summed E-state index contributed by atoms with van der Waals surface area (Å²) in [6.07, 6.45) is -4.87. The summed E-state index contributed by atoms with van der Waals surface area (Å²) in [5, 5.41) is 10.8. The second kappa shape index (κ2) is 5.93. The lowest BCUT2D eigenvalue weighted by molar-refractivity contribution is -0.274. The number of carbonyl (C=O) groups excluding carboxylic acids is 1. The summed E-state index contributed by atoms with van der Waals surface area (Å²) in [5.41, 5.74) is -0.160. The van der Waals surface area contributed by atoms with Crippen LogP contribution in [0.15, 0.2) is 22.7 Å². The molecule has 1 N–H and O–H groups in total. The number of hydrogen-bond acceptors (Lipinski definition) is 3. The fourth-order valence-electron chi connectivity index (χ4n) is 1.11. The number of halogens is 4. The number of amides is 1. The van der Waals surface area contributed by atoms with Gasteiger partial charge in [-0.15, -0.1) is 13.2 Å². The van der Waals surface area contributed by atoms with E-state index >= 15 is 0 Å². The maximum Gasteiger partial charge on any atom is 0.573 e. The molecule has 0 saturated carbocycles. The standard InChI is InChI=1S/C11H8BrF3N2O2/c1-6(5-16)10(18)17-8-3-2-7(12)4-9(8)19-11(13,14)15/h2-4,6H,1H3,(H,17,18). The minimum Gasteiger partial charge on any atom is -0.404 e. The van der Waals surface area contributed by atoms with E-state index in [0.29, 0.717) is 4.47 Å².